The molecule has 8 heteroatoms. The largest absolute Gasteiger partial charge is 0.597 e. The van der Waals surface area contributed by atoms with Gasteiger partial charge in [0.1, 0.15) is 10.4 Å². The smallest absolute Gasteiger partial charge is 0.267 e. The van der Waals surface area contributed by atoms with Crippen molar-refractivity contribution in [2.45, 2.75) is 50.9 Å². The Labute approximate surface area is 203 Å². The van der Waals surface area contributed by atoms with E-state index < -0.39 is 22.0 Å². The van der Waals surface area contributed by atoms with Gasteiger partial charge in [-0.15, -0.1) is 4.31 Å². The van der Waals surface area contributed by atoms with E-state index in [-0.39, 0.29) is 18.3 Å². The first-order chi connectivity index (χ1) is 16.2. The Balaban J connectivity index is 1.88. The fraction of sp³-hybridized carbons (Fsp3) is 0.346. The highest BCUT2D eigenvalue weighted by Gasteiger charge is 2.44. The van der Waals surface area contributed by atoms with E-state index in [0.29, 0.717) is 25.1 Å². The van der Waals surface area contributed by atoms with Gasteiger partial charge in [-0.3, -0.25) is 9.78 Å². The lowest BCUT2D eigenvalue weighted by molar-refractivity contribution is 0.0995. The number of aliphatic hydroxyl groups is 1. The number of hydrogen-bond acceptors (Lipinski definition) is 6. The number of benzene rings is 1. The second-order valence-electron chi connectivity index (χ2n) is 9.43. The van der Waals surface area contributed by atoms with Gasteiger partial charge in [0.25, 0.3) is 5.91 Å². The maximum absolute atomic E-state index is 13.5. The van der Waals surface area contributed by atoms with Gasteiger partial charge in [-0.1, -0.05) is 24.3 Å². The number of fused-ring (bicyclic) bond motifs is 1. The van der Waals surface area contributed by atoms with Crippen LogP contribution in [0.2, 0.25) is 0 Å². The van der Waals surface area contributed by atoms with Crippen molar-refractivity contribution in [1.82, 2.24) is 14.3 Å². The van der Waals surface area contributed by atoms with Gasteiger partial charge in [-0.05, 0) is 62.9 Å². The van der Waals surface area contributed by atoms with Crippen molar-refractivity contribution in [1.29, 1.82) is 0 Å². The first-order valence-electron chi connectivity index (χ1n) is 11.3. The van der Waals surface area contributed by atoms with Crippen LogP contribution in [0.3, 0.4) is 0 Å². The zero-order valence-corrected chi connectivity index (χ0v) is 20.5. The number of pyridine rings is 2. The number of nitrogens with zero attached hydrogens (tertiary/aromatic N) is 3. The van der Waals surface area contributed by atoms with Crippen LogP contribution in [0.25, 0.3) is 22.4 Å². The first kappa shape index (κ1) is 24.3. The SMILES string of the molecule is CC(C)(C)[S@@+]([O-])N1Cc2cc(C(N)=O)nc(-c3cccc(-c4cccnc4)c3)c2[C@H]1CCCO. The molecular formula is C26H30N4O3S. The van der Waals surface area contributed by atoms with E-state index in [2.05, 4.69) is 9.97 Å². The quantitative estimate of drug-likeness (QED) is 0.496. The van der Waals surface area contributed by atoms with Crippen LogP contribution >= 0.6 is 0 Å². The number of rotatable bonds is 7. The second-order valence-corrected chi connectivity index (χ2v) is 11.6. The number of primary amides is 1. The number of carbonyl (C=O) groups excluding carboxylic acids is 1. The minimum atomic E-state index is -1.29. The second kappa shape index (κ2) is 9.84. The molecule has 0 bridgehead atoms. The van der Waals surface area contributed by atoms with Gasteiger partial charge in [0.15, 0.2) is 0 Å². The van der Waals surface area contributed by atoms with E-state index in [0.717, 1.165) is 27.8 Å². The van der Waals surface area contributed by atoms with Crippen LogP contribution in [-0.4, -0.2) is 41.2 Å². The molecule has 2 aromatic heterocycles. The minimum Gasteiger partial charge on any atom is -0.597 e. The number of carbonyl (C=O) groups is 1. The van der Waals surface area contributed by atoms with Crippen molar-refractivity contribution >= 4 is 17.3 Å². The maximum Gasteiger partial charge on any atom is 0.267 e. The number of aliphatic hydroxyl groups excluding tert-OH is 1. The molecule has 0 fully saturated rings. The van der Waals surface area contributed by atoms with Gasteiger partial charge in [0, 0.05) is 47.1 Å². The van der Waals surface area contributed by atoms with Crippen molar-refractivity contribution in [3.8, 4) is 22.4 Å². The van der Waals surface area contributed by atoms with Gasteiger partial charge >= 0.3 is 0 Å². The van der Waals surface area contributed by atoms with Crippen LogP contribution in [0.1, 0.15) is 61.3 Å². The lowest BCUT2D eigenvalue weighted by Crippen LogP contribution is -2.42. The van der Waals surface area contributed by atoms with Crippen molar-refractivity contribution in [2.75, 3.05) is 6.61 Å². The molecule has 0 aliphatic carbocycles. The zero-order chi connectivity index (χ0) is 24.5. The highest BCUT2D eigenvalue weighted by Crippen LogP contribution is 2.45. The van der Waals surface area contributed by atoms with E-state index >= 15 is 0 Å². The molecule has 4 rings (SSSR count). The Morgan fingerprint density at radius 1 is 1.21 bits per heavy atom. The van der Waals surface area contributed by atoms with Crippen molar-refractivity contribution in [3.63, 3.8) is 0 Å². The van der Waals surface area contributed by atoms with E-state index in [1.807, 2.05) is 61.5 Å². The van der Waals surface area contributed by atoms with Gasteiger partial charge in [0.05, 0.1) is 18.3 Å². The Hall–Kier alpha value is -2.78. The standard InChI is InChI=1S/C26H30N4O3S/c1-26(2,3)34(33)30-16-20-14-21(25(27)32)29-24(23(20)22(30)10-6-12-31)18-8-4-7-17(13-18)19-9-5-11-28-15-19/h4-5,7-9,11,13-15,22,31H,6,10,12,16H2,1-3H3,(H2,27,32)/t22-,34-/m1/s1. The fourth-order valence-corrected chi connectivity index (χ4v) is 5.76. The third kappa shape index (κ3) is 4.86. The Bertz CT molecular complexity index is 1180. The van der Waals surface area contributed by atoms with Crippen molar-refractivity contribution < 1.29 is 14.5 Å². The highest BCUT2D eigenvalue weighted by atomic mass is 32.2. The number of amides is 1. The van der Waals surface area contributed by atoms with Crippen LogP contribution < -0.4 is 5.73 Å². The monoisotopic (exact) mass is 478 g/mol. The van der Waals surface area contributed by atoms with Crippen LogP contribution in [0, 0.1) is 0 Å². The molecule has 34 heavy (non-hydrogen) atoms. The Morgan fingerprint density at radius 2 is 1.94 bits per heavy atom. The average molecular weight is 479 g/mol. The lowest BCUT2D eigenvalue weighted by atomic mass is 9.93. The molecule has 1 aliphatic heterocycles. The maximum atomic E-state index is 13.5. The van der Waals surface area contributed by atoms with Crippen molar-refractivity contribution in [2.24, 2.45) is 5.73 Å². The lowest BCUT2D eigenvalue weighted by Gasteiger charge is -2.34. The van der Waals surface area contributed by atoms with Crippen LogP contribution in [0.15, 0.2) is 54.9 Å². The molecule has 1 aliphatic rings. The highest BCUT2D eigenvalue weighted by molar-refractivity contribution is 7.90. The summed E-state index contributed by atoms with van der Waals surface area (Å²) in [6.07, 6.45) is 4.72. The molecule has 1 amide bonds. The van der Waals surface area contributed by atoms with Gasteiger partial charge in [0.2, 0.25) is 0 Å². The minimum absolute atomic E-state index is 0.0421. The molecule has 0 saturated heterocycles. The fourth-order valence-electron chi connectivity index (χ4n) is 4.36. The van der Waals surface area contributed by atoms with Crippen molar-refractivity contribution in [3.05, 3.63) is 71.7 Å². The number of nitrogens with two attached hydrogens (primary N) is 1. The van der Waals surface area contributed by atoms with E-state index in [4.69, 9.17) is 5.73 Å². The molecule has 0 unspecified atom stereocenters. The summed E-state index contributed by atoms with van der Waals surface area (Å²) < 4.78 is 15.0. The molecule has 178 valence electrons. The zero-order valence-electron chi connectivity index (χ0n) is 19.7. The molecule has 0 saturated carbocycles. The Kier molecular flexibility index (Phi) is 7.04. The predicted octanol–water partition coefficient (Wildman–Crippen LogP) is 4.00. The number of hydrogen-bond donors (Lipinski definition) is 2. The van der Waals surface area contributed by atoms with E-state index in [1.165, 1.54) is 0 Å². The predicted molar refractivity (Wildman–Crippen MR) is 134 cm³/mol. The average Bonchev–Trinajstić information content (AvgIpc) is 3.19. The van der Waals surface area contributed by atoms with Gasteiger partial charge < -0.3 is 15.4 Å². The molecule has 0 radical (unpaired) electrons. The van der Waals surface area contributed by atoms with Crippen LogP contribution in [0.5, 0.6) is 0 Å². The molecule has 1 aromatic carbocycles. The third-order valence-electron chi connectivity index (χ3n) is 5.91. The normalized spacial score (nSPS) is 16.9. The van der Waals surface area contributed by atoms with Gasteiger partial charge in [-0.2, -0.15) is 0 Å². The molecular weight excluding hydrogens is 448 g/mol. The summed E-state index contributed by atoms with van der Waals surface area (Å²) in [6.45, 7) is 6.30. The molecule has 3 aromatic rings. The summed E-state index contributed by atoms with van der Waals surface area (Å²) in [5.74, 6) is -0.602. The molecule has 7 nitrogen and oxygen atoms in total. The molecule has 3 heterocycles. The summed E-state index contributed by atoms with van der Waals surface area (Å²) in [7, 11) is 0. The summed E-state index contributed by atoms with van der Waals surface area (Å²) in [4.78, 5) is 21.0. The molecule has 0 spiro atoms. The third-order valence-corrected chi connectivity index (χ3v) is 7.76. The molecule has 2 atom stereocenters. The number of aromatic nitrogens is 2. The van der Waals surface area contributed by atoms with Crippen LogP contribution in [0.4, 0.5) is 0 Å². The summed E-state index contributed by atoms with van der Waals surface area (Å²) in [5.41, 5.74) is 11.1. The Morgan fingerprint density at radius 3 is 2.59 bits per heavy atom. The van der Waals surface area contributed by atoms with Crippen LogP contribution in [-0.2, 0) is 17.9 Å². The van der Waals surface area contributed by atoms with Gasteiger partial charge in [-0.25, -0.2) is 4.98 Å². The summed E-state index contributed by atoms with van der Waals surface area (Å²) in [5, 5.41) is 9.55. The molecule has 3 N–H and O–H groups in total. The topological polar surface area (TPSA) is 115 Å². The summed E-state index contributed by atoms with van der Waals surface area (Å²) >= 11 is -1.29. The summed E-state index contributed by atoms with van der Waals surface area (Å²) in [6, 6.07) is 13.3. The first-order valence-corrected chi connectivity index (χ1v) is 12.5. The van der Waals surface area contributed by atoms with E-state index in [9.17, 15) is 14.5 Å². The van der Waals surface area contributed by atoms with E-state index in [1.54, 1.807) is 18.5 Å².